The number of esters is 2. The number of nitrogens with one attached hydrogen (secondary N) is 1. The van der Waals surface area contributed by atoms with Crippen LogP contribution in [0.15, 0.2) is 18.2 Å². The van der Waals surface area contributed by atoms with E-state index in [1.54, 1.807) is 0 Å². The number of rotatable bonds is 5. The highest BCUT2D eigenvalue weighted by molar-refractivity contribution is 5.98. The van der Waals surface area contributed by atoms with Gasteiger partial charge in [0.1, 0.15) is 11.6 Å². The molecule has 0 spiro atoms. The number of amides is 1. The lowest BCUT2D eigenvalue weighted by molar-refractivity contribution is -0.158. The fourth-order valence-electron chi connectivity index (χ4n) is 2.21. The Morgan fingerprint density at radius 1 is 0.933 bits per heavy atom. The Bertz CT molecular complexity index is 779. The molecule has 1 rings (SSSR count). The van der Waals surface area contributed by atoms with Gasteiger partial charge in [-0.25, -0.2) is 4.79 Å². The van der Waals surface area contributed by atoms with Crippen LogP contribution in [0.25, 0.3) is 0 Å². The molecule has 1 N–H and O–H groups in total. The van der Waals surface area contributed by atoms with Crippen molar-refractivity contribution in [1.29, 1.82) is 0 Å². The summed E-state index contributed by atoms with van der Waals surface area (Å²) in [6.45, 7) is 4.58. The maximum Gasteiger partial charge on any atom is 0.416 e. The molecule has 0 fully saturated rings. The molecule has 1 amide bonds. The second-order valence-corrected chi connectivity index (χ2v) is 7.13. The van der Waals surface area contributed by atoms with E-state index in [9.17, 15) is 40.7 Å². The summed E-state index contributed by atoms with van der Waals surface area (Å²) in [4.78, 5) is 36.0. The Hall–Kier alpha value is -2.79. The van der Waals surface area contributed by atoms with Crippen LogP contribution >= 0.6 is 0 Å². The van der Waals surface area contributed by atoms with Crippen molar-refractivity contribution in [1.82, 2.24) is 5.32 Å². The summed E-state index contributed by atoms with van der Waals surface area (Å²) in [5.41, 5.74) is -5.35. The number of carbonyl (C=O) groups excluding carboxylic acids is 3. The van der Waals surface area contributed by atoms with Crippen molar-refractivity contribution in [2.75, 3.05) is 7.11 Å². The third-order valence-corrected chi connectivity index (χ3v) is 3.43. The minimum atomic E-state index is -5.16. The number of ether oxygens (including phenoxy) is 2. The molecular weight excluding hydrogens is 424 g/mol. The van der Waals surface area contributed by atoms with Gasteiger partial charge in [-0.05, 0) is 39.0 Å². The molecule has 168 valence electrons. The molecule has 1 aromatic carbocycles. The molecule has 1 atom stereocenters. The van der Waals surface area contributed by atoms with Crippen LogP contribution in [0.1, 0.15) is 48.7 Å². The standard InChI is InChI=1S/C18H19F6NO5/c1-16(2,3)30-13(26)8-12(15(28)29-4)25-14(27)9-5-10(17(19,20)21)7-11(6-9)18(22,23)24/h5-7,12H,8H2,1-4H3,(H,25,27)/t12-/m1/s1. The Morgan fingerprint density at radius 2 is 1.40 bits per heavy atom. The van der Waals surface area contributed by atoms with Crippen LogP contribution < -0.4 is 5.32 Å². The minimum Gasteiger partial charge on any atom is -0.467 e. The van der Waals surface area contributed by atoms with Crippen LogP contribution in [-0.2, 0) is 31.4 Å². The van der Waals surface area contributed by atoms with Crippen LogP contribution in [0.5, 0.6) is 0 Å². The molecule has 12 heteroatoms. The predicted molar refractivity (Wildman–Crippen MR) is 90.2 cm³/mol. The summed E-state index contributed by atoms with van der Waals surface area (Å²) in [6.07, 6.45) is -11.1. The molecule has 0 heterocycles. The second-order valence-electron chi connectivity index (χ2n) is 7.13. The third kappa shape index (κ3) is 7.56. The van der Waals surface area contributed by atoms with Crippen LogP contribution in [0, 0.1) is 0 Å². The fourth-order valence-corrected chi connectivity index (χ4v) is 2.21. The first-order chi connectivity index (χ1) is 13.4. The van der Waals surface area contributed by atoms with Gasteiger partial charge in [0.2, 0.25) is 0 Å². The summed E-state index contributed by atoms with van der Waals surface area (Å²) in [6, 6.07) is -1.44. The van der Waals surface area contributed by atoms with Gasteiger partial charge in [-0.15, -0.1) is 0 Å². The van der Waals surface area contributed by atoms with Gasteiger partial charge < -0.3 is 14.8 Å². The number of hydrogen-bond donors (Lipinski definition) is 1. The maximum atomic E-state index is 12.9. The molecule has 0 bridgehead atoms. The lowest BCUT2D eigenvalue weighted by atomic mass is 10.0. The number of halogens is 6. The molecule has 0 aliphatic heterocycles. The van der Waals surface area contributed by atoms with Gasteiger partial charge in [0.05, 0.1) is 24.7 Å². The van der Waals surface area contributed by atoms with Gasteiger partial charge >= 0.3 is 24.3 Å². The van der Waals surface area contributed by atoms with Crippen molar-refractivity contribution in [3.8, 4) is 0 Å². The maximum absolute atomic E-state index is 12.9. The zero-order chi connectivity index (χ0) is 23.5. The SMILES string of the molecule is COC(=O)[C@@H](CC(=O)OC(C)(C)C)NC(=O)c1cc(C(F)(F)F)cc(C(F)(F)F)c1. The summed E-state index contributed by atoms with van der Waals surface area (Å²) in [7, 11) is 0.919. The Balaban J connectivity index is 3.22. The van der Waals surface area contributed by atoms with Crippen LogP contribution in [-0.4, -0.2) is 36.6 Å². The molecule has 0 unspecified atom stereocenters. The summed E-state index contributed by atoms with van der Waals surface area (Å²) in [5, 5.41) is 1.91. The van der Waals surface area contributed by atoms with Crippen LogP contribution in [0.3, 0.4) is 0 Å². The molecule has 0 aliphatic rings. The normalized spacial score (nSPS) is 13.4. The highest BCUT2D eigenvalue weighted by Crippen LogP contribution is 2.36. The van der Waals surface area contributed by atoms with E-state index in [1.807, 2.05) is 5.32 Å². The first-order valence-corrected chi connectivity index (χ1v) is 8.34. The monoisotopic (exact) mass is 443 g/mol. The molecule has 0 saturated carbocycles. The summed E-state index contributed by atoms with van der Waals surface area (Å²) >= 11 is 0. The Labute approximate surface area is 167 Å². The smallest absolute Gasteiger partial charge is 0.416 e. The topological polar surface area (TPSA) is 81.7 Å². The van der Waals surface area contributed by atoms with Crippen molar-refractivity contribution >= 4 is 17.8 Å². The number of benzene rings is 1. The number of carbonyl (C=O) groups is 3. The fraction of sp³-hybridized carbons (Fsp3) is 0.500. The van der Waals surface area contributed by atoms with Crippen molar-refractivity contribution in [3.63, 3.8) is 0 Å². The Morgan fingerprint density at radius 3 is 1.77 bits per heavy atom. The van der Waals surface area contributed by atoms with E-state index < -0.39 is 65.0 Å². The van der Waals surface area contributed by atoms with Crippen molar-refractivity contribution < 1.29 is 50.2 Å². The van der Waals surface area contributed by atoms with E-state index in [4.69, 9.17) is 4.74 Å². The van der Waals surface area contributed by atoms with Crippen LogP contribution in [0.4, 0.5) is 26.3 Å². The highest BCUT2D eigenvalue weighted by Gasteiger charge is 2.38. The van der Waals surface area contributed by atoms with E-state index in [2.05, 4.69) is 4.74 Å². The van der Waals surface area contributed by atoms with Crippen molar-refractivity contribution in [2.45, 2.75) is 51.2 Å². The zero-order valence-corrected chi connectivity index (χ0v) is 16.3. The van der Waals surface area contributed by atoms with Gasteiger partial charge in [-0.1, -0.05) is 0 Å². The first kappa shape index (κ1) is 25.2. The largest absolute Gasteiger partial charge is 0.467 e. The van der Waals surface area contributed by atoms with Crippen molar-refractivity contribution in [3.05, 3.63) is 34.9 Å². The predicted octanol–water partition coefficient (Wildman–Crippen LogP) is 3.73. The highest BCUT2D eigenvalue weighted by atomic mass is 19.4. The van der Waals surface area contributed by atoms with Gasteiger partial charge in [-0.2, -0.15) is 26.3 Å². The van der Waals surface area contributed by atoms with E-state index in [0.717, 1.165) is 7.11 Å². The quantitative estimate of drug-likeness (QED) is 0.554. The van der Waals surface area contributed by atoms with Gasteiger partial charge in [0.25, 0.3) is 5.91 Å². The number of methoxy groups -OCH3 is 1. The minimum absolute atomic E-state index is 0.144. The third-order valence-electron chi connectivity index (χ3n) is 3.43. The van der Waals surface area contributed by atoms with E-state index in [0.29, 0.717) is 0 Å². The van der Waals surface area contributed by atoms with Gasteiger partial charge in [-0.3, -0.25) is 9.59 Å². The first-order valence-electron chi connectivity index (χ1n) is 8.34. The molecule has 1 aromatic rings. The van der Waals surface area contributed by atoms with E-state index in [1.165, 1.54) is 20.8 Å². The molecular formula is C18H19F6NO5. The Kier molecular flexibility index (Phi) is 7.51. The lowest BCUT2D eigenvalue weighted by Gasteiger charge is -2.22. The molecule has 0 aliphatic carbocycles. The average Bonchev–Trinajstić information content (AvgIpc) is 2.56. The van der Waals surface area contributed by atoms with Gasteiger partial charge in [0.15, 0.2) is 0 Å². The second kappa shape index (κ2) is 8.92. The average molecular weight is 443 g/mol. The molecule has 0 aromatic heterocycles. The lowest BCUT2D eigenvalue weighted by Crippen LogP contribution is -2.44. The van der Waals surface area contributed by atoms with Crippen molar-refractivity contribution in [2.24, 2.45) is 0 Å². The summed E-state index contributed by atoms with van der Waals surface area (Å²) < 4.78 is 87.0. The molecule has 0 saturated heterocycles. The van der Waals surface area contributed by atoms with Gasteiger partial charge in [0, 0.05) is 5.56 Å². The van der Waals surface area contributed by atoms with E-state index >= 15 is 0 Å². The molecule has 30 heavy (non-hydrogen) atoms. The van der Waals surface area contributed by atoms with E-state index in [-0.39, 0.29) is 18.2 Å². The zero-order valence-electron chi connectivity index (χ0n) is 16.3. The molecule has 6 nitrogen and oxygen atoms in total. The van der Waals surface area contributed by atoms with Crippen LogP contribution in [0.2, 0.25) is 0 Å². The number of alkyl halides is 6. The summed E-state index contributed by atoms with van der Waals surface area (Å²) in [5.74, 6) is -3.53. The molecule has 0 radical (unpaired) electrons. The number of hydrogen-bond acceptors (Lipinski definition) is 5.